The Morgan fingerprint density at radius 3 is 2.25 bits per heavy atom. The van der Waals surface area contributed by atoms with Gasteiger partial charge in [0, 0.05) is 18.6 Å². The van der Waals surface area contributed by atoms with Gasteiger partial charge in [0.2, 0.25) is 0 Å². The van der Waals surface area contributed by atoms with E-state index in [1.165, 1.54) is 56.9 Å². The Morgan fingerprint density at radius 2 is 1.61 bits per heavy atom. The molecule has 0 aliphatic rings. The molecule has 2 rings (SSSR count). The molecule has 28 heavy (non-hydrogen) atoms. The van der Waals surface area contributed by atoms with Crippen LogP contribution in [0.1, 0.15) is 67.8 Å². The third-order valence-corrected chi connectivity index (χ3v) is 4.42. The number of aryl methyl sites for hydroxylation is 1. The number of hydrogen-bond acceptors (Lipinski definition) is 2. The fraction of sp³-hybridized carbons (Fsp3) is 0.409. The number of benzene rings is 1. The largest absolute Gasteiger partial charge is 1.00 e. The number of nitrogens with one attached hydrogen (secondary N) is 1. The highest BCUT2D eigenvalue weighted by molar-refractivity contribution is 5.94. The maximum absolute atomic E-state index is 12.8. The normalized spacial score (nSPS) is 10.6. The van der Waals surface area contributed by atoms with Gasteiger partial charge in [0.1, 0.15) is 12.4 Å². The average molecular weight is 497 g/mol. The first-order valence-corrected chi connectivity index (χ1v) is 9.77. The molecule has 1 aromatic carbocycles. The number of unbranched alkanes of at least 4 members (excludes halogenated alkanes) is 6. The van der Waals surface area contributed by atoms with Crippen molar-refractivity contribution in [2.24, 2.45) is 5.10 Å². The molecule has 6 heteroatoms. The number of hydrogen-bond donors (Lipinski definition) is 1. The van der Waals surface area contributed by atoms with Gasteiger partial charge >= 0.3 is 0 Å². The zero-order valence-electron chi connectivity index (χ0n) is 16.4. The predicted octanol–water partition coefficient (Wildman–Crippen LogP) is 1.63. The van der Waals surface area contributed by atoms with Gasteiger partial charge in [-0.15, -0.1) is 0 Å². The molecule has 0 fully saturated rings. The molecule has 1 aromatic heterocycles. The summed E-state index contributed by atoms with van der Waals surface area (Å²) in [5.41, 5.74) is 3.76. The first kappa shape index (κ1) is 24.2. The van der Waals surface area contributed by atoms with Crippen LogP contribution in [-0.4, -0.2) is 12.1 Å². The van der Waals surface area contributed by atoms with Crippen LogP contribution in [0, 0.1) is 5.82 Å². The summed E-state index contributed by atoms with van der Waals surface area (Å²) in [7, 11) is 0. The number of pyridine rings is 1. The second-order valence-corrected chi connectivity index (χ2v) is 6.70. The van der Waals surface area contributed by atoms with E-state index in [0.717, 1.165) is 18.5 Å². The van der Waals surface area contributed by atoms with E-state index in [2.05, 4.69) is 22.0 Å². The topological polar surface area (TPSA) is 45.3 Å². The van der Waals surface area contributed by atoms with Crippen LogP contribution in [0.2, 0.25) is 0 Å². The highest BCUT2D eigenvalue weighted by atomic mass is 127. The van der Waals surface area contributed by atoms with E-state index in [1.807, 2.05) is 12.4 Å². The minimum atomic E-state index is -0.301. The molecule has 0 unspecified atom stereocenters. The van der Waals surface area contributed by atoms with Crippen LogP contribution in [0.4, 0.5) is 4.39 Å². The first-order chi connectivity index (χ1) is 13.2. The van der Waals surface area contributed by atoms with Crippen molar-refractivity contribution in [3.05, 3.63) is 65.7 Å². The smallest absolute Gasteiger partial charge is 0.271 e. The van der Waals surface area contributed by atoms with Crippen LogP contribution in [0.15, 0.2) is 53.9 Å². The van der Waals surface area contributed by atoms with Gasteiger partial charge in [-0.05, 0) is 24.1 Å². The number of nitrogens with zero attached hydrogens (tertiary/aromatic N) is 2. The van der Waals surface area contributed by atoms with Crippen LogP contribution >= 0.6 is 0 Å². The molecular formula is C22H29FIN3O. The van der Waals surface area contributed by atoms with Gasteiger partial charge < -0.3 is 24.0 Å². The molecule has 2 aromatic rings. The molecule has 0 aliphatic carbocycles. The van der Waals surface area contributed by atoms with E-state index in [9.17, 15) is 9.18 Å². The molecular weight excluding hydrogens is 468 g/mol. The van der Waals surface area contributed by atoms with Gasteiger partial charge in [0.05, 0.1) is 11.8 Å². The Kier molecular flexibility index (Phi) is 12.3. The van der Waals surface area contributed by atoms with Crippen molar-refractivity contribution in [1.29, 1.82) is 0 Å². The van der Waals surface area contributed by atoms with Gasteiger partial charge in [-0.2, -0.15) is 5.10 Å². The molecule has 0 aliphatic heterocycles. The summed E-state index contributed by atoms with van der Waals surface area (Å²) in [6.45, 7) is 3.21. The Morgan fingerprint density at radius 1 is 1.00 bits per heavy atom. The van der Waals surface area contributed by atoms with Crippen LogP contribution in [0.3, 0.4) is 0 Å². The summed E-state index contributed by atoms with van der Waals surface area (Å²) in [6, 6.07) is 9.49. The van der Waals surface area contributed by atoms with Gasteiger partial charge in [-0.25, -0.2) is 14.4 Å². The minimum absolute atomic E-state index is 0. The van der Waals surface area contributed by atoms with Crippen molar-refractivity contribution in [3.8, 4) is 0 Å². The minimum Gasteiger partial charge on any atom is -1.00 e. The third kappa shape index (κ3) is 9.39. The Balaban J connectivity index is 0.00000392. The molecule has 0 bridgehead atoms. The maximum atomic E-state index is 12.8. The van der Waals surface area contributed by atoms with Crippen LogP contribution in [-0.2, 0) is 6.54 Å². The van der Waals surface area contributed by atoms with Crippen molar-refractivity contribution < 1.29 is 37.7 Å². The lowest BCUT2D eigenvalue weighted by molar-refractivity contribution is -0.697. The number of aromatic nitrogens is 1. The van der Waals surface area contributed by atoms with E-state index in [-0.39, 0.29) is 35.7 Å². The van der Waals surface area contributed by atoms with E-state index in [0.29, 0.717) is 5.56 Å². The van der Waals surface area contributed by atoms with E-state index >= 15 is 0 Å². The van der Waals surface area contributed by atoms with E-state index in [4.69, 9.17) is 0 Å². The summed E-state index contributed by atoms with van der Waals surface area (Å²) in [6.07, 6.45) is 14.3. The van der Waals surface area contributed by atoms with Crippen LogP contribution in [0.25, 0.3) is 0 Å². The fourth-order valence-electron chi connectivity index (χ4n) is 2.79. The summed E-state index contributed by atoms with van der Waals surface area (Å²) in [4.78, 5) is 12.1. The molecule has 0 saturated carbocycles. The van der Waals surface area contributed by atoms with Crippen LogP contribution < -0.4 is 34.0 Å². The molecule has 4 nitrogen and oxygen atoms in total. The molecule has 0 spiro atoms. The predicted molar refractivity (Wildman–Crippen MR) is 106 cm³/mol. The van der Waals surface area contributed by atoms with E-state index < -0.39 is 0 Å². The Bertz CT molecular complexity index is 718. The molecule has 152 valence electrons. The molecule has 1 heterocycles. The third-order valence-electron chi connectivity index (χ3n) is 4.42. The number of rotatable bonds is 11. The monoisotopic (exact) mass is 497 g/mol. The molecule has 1 N–H and O–H groups in total. The summed E-state index contributed by atoms with van der Waals surface area (Å²) >= 11 is 0. The second-order valence-electron chi connectivity index (χ2n) is 6.70. The number of hydrazone groups is 1. The van der Waals surface area contributed by atoms with Crippen molar-refractivity contribution in [2.45, 2.75) is 58.4 Å². The zero-order valence-corrected chi connectivity index (χ0v) is 18.6. The van der Waals surface area contributed by atoms with E-state index in [1.54, 1.807) is 24.3 Å². The highest BCUT2D eigenvalue weighted by Crippen LogP contribution is 2.06. The Hall–Kier alpha value is -1.83. The lowest BCUT2D eigenvalue weighted by atomic mass is 10.1. The van der Waals surface area contributed by atoms with Crippen molar-refractivity contribution in [2.75, 3.05) is 0 Å². The highest BCUT2D eigenvalue weighted by Gasteiger charge is 2.07. The summed E-state index contributed by atoms with van der Waals surface area (Å²) in [5.74, 6) is -0.568. The van der Waals surface area contributed by atoms with Crippen molar-refractivity contribution in [3.63, 3.8) is 0 Å². The second kappa shape index (κ2) is 14.2. The van der Waals surface area contributed by atoms with Crippen LogP contribution in [0.5, 0.6) is 0 Å². The maximum Gasteiger partial charge on any atom is 0.271 e. The van der Waals surface area contributed by atoms with Crippen molar-refractivity contribution >= 4 is 12.1 Å². The standard InChI is InChI=1S/C22H28FN3O.HI/c1-2-3-4-5-6-7-8-15-26-16-13-20(14-17-26)22(27)25-24-18-19-9-11-21(23)12-10-19;/h9-14,16-18H,2-8,15H2,1H3;1H. The van der Waals surface area contributed by atoms with Gasteiger partial charge in [0.15, 0.2) is 12.4 Å². The summed E-state index contributed by atoms with van der Waals surface area (Å²) in [5, 5.41) is 3.91. The quantitative estimate of drug-likeness (QED) is 0.166. The fourth-order valence-corrected chi connectivity index (χ4v) is 2.79. The molecule has 1 amide bonds. The van der Waals surface area contributed by atoms with Gasteiger partial charge in [0.25, 0.3) is 5.91 Å². The average Bonchev–Trinajstić information content (AvgIpc) is 2.69. The molecule has 0 saturated heterocycles. The lowest BCUT2D eigenvalue weighted by Gasteiger charge is -2.01. The SMILES string of the molecule is CCCCCCCCC[n+]1ccc(C(=O)NN=Cc2ccc(F)cc2)cc1.[I-]. The van der Waals surface area contributed by atoms with Crippen molar-refractivity contribution in [1.82, 2.24) is 5.43 Å². The number of carbonyl (C=O) groups is 1. The number of amides is 1. The van der Waals surface area contributed by atoms with Gasteiger partial charge in [-0.3, -0.25) is 4.79 Å². The van der Waals surface area contributed by atoms with Gasteiger partial charge in [-0.1, -0.05) is 51.2 Å². The lowest BCUT2D eigenvalue weighted by Crippen LogP contribution is -3.00. The molecule has 0 atom stereocenters. The zero-order chi connectivity index (χ0) is 19.3. The first-order valence-electron chi connectivity index (χ1n) is 9.77. The number of carbonyl (C=O) groups excluding carboxylic acids is 1. The summed E-state index contributed by atoms with van der Waals surface area (Å²) < 4.78 is 14.9. The Labute approximate surface area is 184 Å². The molecule has 0 radical (unpaired) electrons. The number of halogens is 2.